The summed E-state index contributed by atoms with van der Waals surface area (Å²) in [5.41, 5.74) is 6.53. The van der Waals surface area contributed by atoms with E-state index < -0.39 is 5.54 Å². The second kappa shape index (κ2) is 13.6. The summed E-state index contributed by atoms with van der Waals surface area (Å²) in [7, 11) is 0. The number of hydrogen-bond donors (Lipinski definition) is 1. The molecule has 8 heteroatoms. The Kier molecular flexibility index (Phi) is 8.79. The van der Waals surface area contributed by atoms with Gasteiger partial charge in [-0.3, -0.25) is 15.1 Å². The summed E-state index contributed by atoms with van der Waals surface area (Å²) in [6.45, 7) is 2.95. The molecule has 0 aliphatic heterocycles. The number of nitro groups is 1. The smallest absolute Gasteiger partial charge is 0.274 e. The van der Waals surface area contributed by atoms with Crippen LogP contribution in [0.1, 0.15) is 33.5 Å². The van der Waals surface area contributed by atoms with Crippen LogP contribution in [0.3, 0.4) is 0 Å². The van der Waals surface area contributed by atoms with Crippen LogP contribution in [0.15, 0.2) is 146 Å². The molecule has 0 fully saturated rings. The van der Waals surface area contributed by atoms with Gasteiger partial charge in [0, 0.05) is 41.0 Å². The third-order valence-corrected chi connectivity index (χ3v) is 8.95. The molecule has 7 rings (SSSR count). The van der Waals surface area contributed by atoms with Gasteiger partial charge in [-0.25, -0.2) is 9.07 Å². The number of nitrogens with zero attached hydrogens (tertiary/aromatic N) is 4. The zero-order valence-electron chi connectivity index (χ0n) is 27.0. The number of aryl methyl sites for hydroxylation is 1. The van der Waals surface area contributed by atoms with Gasteiger partial charge in [-0.05, 0) is 72.5 Å². The van der Waals surface area contributed by atoms with E-state index in [-0.39, 0.29) is 16.4 Å². The first-order valence-electron chi connectivity index (χ1n) is 16.2. The Hall–Kier alpha value is -5.99. The molecule has 7 nitrogen and oxygen atoms in total. The van der Waals surface area contributed by atoms with E-state index in [1.807, 2.05) is 84.4 Å². The van der Waals surface area contributed by atoms with Crippen molar-refractivity contribution in [2.24, 2.45) is 0 Å². The van der Waals surface area contributed by atoms with E-state index >= 15 is 0 Å². The van der Waals surface area contributed by atoms with Crippen LogP contribution in [0, 0.1) is 22.9 Å². The minimum Gasteiger partial charge on any atom is -0.312 e. The molecule has 0 aliphatic carbocycles. The van der Waals surface area contributed by atoms with Crippen LogP contribution in [0.4, 0.5) is 10.1 Å². The third kappa shape index (κ3) is 6.10. The van der Waals surface area contributed by atoms with E-state index in [0.29, 0.717) is 36.3 Å². The van der Waals surface area contributed by atoms with Crippen LogP contribution in [-0.4, -0.2) is 26.2 Å². The Morgan fingerprint density at radius 1 is 0.796 bits per heavy atom. The second-order valence-corrected chi connectivity index (χ2v) is 12.1. The summed E-state index contributed by atoms with van der Waals surface area (Å²) in [4.78, 5) is 16.9. The lowest BCUT2D eigenvalue weighted by Gasteiger charge is -2.37. The fraction of sp³-hybridized carbons (Fsp3) is 0.122. The maximum Gasteiger partial charge on any atom is 0.274 e. The van der Waals surface area contributed by atoms with Gasteiger partial charge in [0.05, 0.1) is 10.4 Å². The molecular formula is C41H34FN5O2. The molecule has 0 atom stereocenters. The Balaban J connectivity index is 1.47. The minimum atomic E-state index is -0.978. The highest BCUT2D eigenvalue weighted by Gasteiger charge is 2.41. The maximum absolute atomic E-state index is 13.4. The summed E-state index contributed by atoms with van der Waals surface area (Å²) < 4.78 is 15.4. The molecule has 5 aromatic carbocycles. The van der Waals surface area contributed by atoms with Gasteiger partial charge in [0.1, 0.15) is 17.1 Å². The molecular weight excluding hydrogens is 613 g/mol. The molecule has 7 aromatic rings. The average Bonchev–Trinajstić information content (AvgIpc) is 3.51. The highest BCUT2D eigenvalue weighted by Crippen LogP contribution is 2.45. The lowest BCUT2D eigenvalue weighted by atomic mass is 9.77. The first-order chi connectivity index (χ1) is 23.9. The number of hydrogen-bond acceptors (Lipinski definition) is 5. The summed E-state index contributed by atoms with van der Waals surface area (Å²) >= 11 is 0. The lowest BCUT2D eigenvalue weighted by molar-refractivity contribution is -0.385. The van der Waals surface area contributed by atoms with Crippen molar-refractivity contribution in [3.8, 4) is 11.3 Å². The van der Waals surface area contributed by atoms with Gasteiger partial charge < -0.3 is 5.32 Å². The van der Waals surface area contributed by atoms with Gasteiger partial charge >= 0.3 is 0 Å². The number of benzene rings is 5. The van der Waals surface area contributed by atoms with Crippen molar-refractivity contribution in [2.45, 2.75) is 25.4 Å². The minimum absolute atomic E-state index is 0.0257. The van der Waals surface area contributed by atoms with Crippen molar-refractivity contribution in [1.29, 1.82) is 0 Å². The largest absolute Gasteiger partial charge is 0.312 e. The number of nitro benzene ring substituents is 1. The van der Waals surface area contributed by atoms with Crippen LogP contribution < -0.4 is 5.32 Å². The molecule has 1 N–H and O–H groups in total. The van der Waals surface area contributed by atoms with Gasteiger partial charge in [0.2, 0.25) is 0 Å². The van der Waals surface area contributed by atoms with Crippen molar-refractivity contribution in [2.75, 3.05) is 6.54 Å². The van der Waals surface area contributed by atoms with E-state index in [4.69, 9.17) is 5.10 Å². The highest BCUT2D eigenvalue weighted by molar-refractivity contribution is 5.96. The molecule has 0 radical (unpaired) electrons. The number of fused-ring (bicyclic) bond motifs is 1. The monoisotopic (exact) mass is 647 g/mol. The van der Waals surface area contributed by atoms with Gasteiger partial charge in [-0.1, -0.05) is 103 Å². The van der Waals surface area contributed by atoms with Crippen molar-refractivity contribution in [1.82, 2.24) is 20.1 Å². The van der Waals surface area contributed by atoms with Crippen molar-refractivity contribution in [3.63, 3.8) is 0 Å². The van der Waals surface area contributed by atoms with E-state index in [9.17, 15) is 14.5 Å². The SMILES string of the molecule is Cc1cc(-c2nn(C(c3ccccc3)(c3ccccc3)c3ccccc3)c3cc([N+](=O)[O-])c(CCNCc4ccc(F)cc4)cc23)ccn1. The highest BCUT2D eigenvalue weighted by atomic mass is 19.1. The number of rotatable bonds is 11. The number of nitrogens with one attached hydrogen (secondary N) is 1. The first-order valence-corrected chi connectivity index (χ1v) is 16.2. The Morgan fingerprint density at radius 2 is 1.39 bits per heavy atom. The van der Waals surface area contributed by atoms with Crippen LogP contribution >= 0.6 is 0 Å². The van der Waals surface area contributed by atoms with E-state index in [0.717, 1.165) is 38.9 Å². The molecule has 242 valence electrons. The number of halogens is 1. The maximum atomic E-state index is 13.4. The summed E-state index contributed by atoms with van der Waals surface area (Å²) in [6, 6.07) is 44.3. The average molecular weight is 648 g/mol. The molecule has 0 unspecified atom stereocenters. The van der Waals surface area contributed by atoms with Crippen LogP contribution in [-0.2, 0) is 18.5 Å². The quantitative estimate of drug-likeness (QED) is 0.0658. The Labute approximate surface area is 283 Å². The predicted octanol–water partition coefficient (Wildman–Crippen LogP) is 8.63. The van der Waals surface area contributed by atoms with Crippen molar-refractivity contribution in [3.05, 3.63) is 195 Å². The molecule has 0 saturated heterocycles. The topological polar surface area (TPSA) is 85.9 Å². The predicted molar refractivity (Wildman–Crippen MR) is 191 cm³/mol. The van der Waals surface area contributed by atoms with Crippen LogP contribution in [0.5, 0.6) is 0 Å². The van der Waals surface area contributed by atoms with Gasteiger partial charge in [0.15, 0.2) is 0 Å². The molecule has 0 spiro atoms. The molecule has 49 heavy (non-hydrogen) atoms. The third-order valence-electron chi connectivity index (χ3n) is 8.95. The van der Waals surface area contributed by atoms with Crippen LogP contribution in [0.2, 0.25) is 0 Å². The zero-order chi connectivity index (χ0) is 33.8. The van der Waals surface area contributed by atoms with Gasteiger partial charge in [-0.15, -0.1) is 0 Å². The number of aromatic nitrogens is 3. The van der Waals surface area contributed by atoms with Crippen LogP contribution in [0.25, 0.3) is 22.2 Å². The molecule has 0 amide bonds. The van der Waals surface area contributed by atoms with Gasteiger partial charge in [-0.2, -0.15) is 5.10 Å². The fourth-order valence-electron chi connectivity index (χ4n) is 6.69. The summed E-state index contributed by atoms with van der Waals surface area (Å²) in [5.74, 6) is -0.288. The Bertz CT molecular complexity index is 2120. The van der Waals surface area contributed by atoms with E-state index in [2.05, 4.69) is 46.7 Å². The van der Waals surface area contributed by atoms with E-state index in [1.54, 1.807) is 24.4 Å². The number of pyridine rings is 1. The normalized spacial score (nSPS) is 11.6. The molecule has 0 bridgehead atoms. The second-order valence-electron chi connectivity index (χ2n) is 12.1. The fourth-order valence-corrected chi connectivity index (χ4v) is 6.69. The lowest BCUT2D eigenvalue weighted by Crippen LogP contribution is -2.38. The molecule has 2 heterocycles. The molecule has 2 aromatic heterocycles. The van der Waals surface area contributed by atoms with Gasteiger partial charge in [0.25, 0.3) is 5.69 Å². The molecule has 0 saturated carbocycles. The summed E-state index contributed by atoms with van der Waals surface area (Å²) in [5, 5.41) is 22.3. The Morgan fingerprint density at radius 3 is 1.94 bits per heavy atom. The summed E-state index contributed by atoms with van der Waals surface area (Å²) in [6.07, 6.45) is 2.18. The zero-order valence-corrected chi connectivity index (χ0v) is 27.0. The van der Waals surface area contributed by atoms with Crippen molar-refractivity contribution >= 4 is 16.6 Å². The molecule has 0 aliphatic rings. The standard InChI is InChI=1S/C41H34FN5O2/c1-29-25-32(22-24-44-29)40-37-26-31(21-23-43-28-30-17-19-36(42)20-18-30)38(47(48)49)27-39(37)46(45-40)41(33-11-5-2-6-12-33,34-13-7-3-8-14-34)35-15-9-4-10-16-35/h2-20,22,24-27,43H,21,23,28H2,1H3. The van der Waals surface area contributed by atoms with Crippen molar-refractivity contribution < 1.29 is 9.31 Å². The van der Waals surface area contributed by atoms with E-state index in [1.165, 1.54) is 12.1 Å². The first kappa shape index (κ1) is 31.6.